The highest BCUT2D eigenvalue weighted by Crippen LogP contribution is 2.24. The zero-order valence-corrected chi connectivity index (χ0v) is 12.8. The zero-order chi connectivity index (χ0) is 15.2. The summed E-state index contributed by atoms with van der Waals surface area (Å²) in [6.45, 7) is 2.67. The van der Waals surface area contributed by atoms with E-state index in [4.69, 9.17) is 9.84 Å². The van der Waals surface area contributed by atoms with Crippen molar-refractivity contribution < 1.29 is 14.6 Å². The predicted octanol–water partition coefficient (Wildman–Crippen LogP) is 2.62. The molecule has 2 rings (SSSR count). The first-order valence-electron chi connectivity index (χ1n) is 7.56. The third-order valence-corrected chi connectivity index (χ3v) is 4.18. The van der Waals surface area contributed by atoms with Gasteiger partial charge in [-0.1, -0.05) is 25.3 Å². The minimum atomic E-state index is -0.764. The number of methoxy groups -OCH3 is 1. The van der Waals surface area contributed by atoms with Crippen molar-refractivity contribution in [1.29, 1.82) is 0 Å². The van der Waals surface area contributed by atoms with Gasteiger partial charge in [-0.25, -0.2) is 4.98 Å². The molecule has 1 aliphatic rings. The summed E-state index contributed by atoms with van der Waals surface area (Å²) in [7, 11) is 1.60. The molecule has 1 aromatic rings. The zero-order valence-electron chi connectivity index (χ0n) is 12.8. The number of nitrogens with zero attached hydrogens (tertiary/aromatic N) is 2. The van der Waals surface area contributed by atoms with Crippen LogP contribution >= 0.6 is 0 Å². The first-order valence-corrected chi connectivity index (χ1v) is 7.56. The fraction of sp³-hybridized carbons (Fsp3) is 0.625. The lowest BCUT2D eigenvalue weighted by Crippen LogP contribution is -2.39. The van der Waals surface area contributed by atoms with Gasteiger partial charge in [0, 0.05) is 24.3 Å². The third-order valence-electron chi connectivity index (χ3n) is 4.18. The Kier molecular flexibility index (Phi) is 5.56. The van der Waals surface area contributed by atoms with Crippen LogP contribution < -0.4 is 4.74 Å². The van der Waals surface area contributed by atoms with Gasteiger partial charge in [0.05, 0.1) is 13.7 Å². The van der Waals surface area contributed by atoms with Crippen molar-refractivity contribution in [2.75, 3.05) is 13.7 Å². The van der Waals surface area contributed by atoms with Crippen LogP contribution in [0.25, 0.3) is 0 Å². The monoisotopic (exact) mass is 292 g/mol. The molecule has 1 heterocycles. The number of aliphatic carboxylic acids is 1. The van der Waals surface area contributed by atoms with Gasteiger partial charge in [0.1, 0.15) is 0 Å². The quantitative estimate of drug-likeness (QED) is 0.873. The number of carboxylic acids is 1. The van der Waals surface area contributed by atoms with E-state index in [1.54, 1.807) is 7.11 Å². The lowest BCUT2D eigenvalue weighted by atomic mass is 9.93. The minimum absolute atomic E-state index is 0.0934. The molecule has 0 aliphatic heterocycles. The number of ether oxygens (including phenoxy) is 1. The van der Waals surface area contributed by atoms with Gasteiger partial charge >= 0.3 is 5.97 Å². The second kappa shape index (κ2) is 7.41. The third kappa shape index (κ3) is 4.43. The minimum Gasteiger partial charge on any atom is -0.481 e. The van der Waals surface area contributed by atoms with Crippen LogP contribution in [0.5, 0.6) is 5.88 Å². The molecule has 1 fully saturated rings. The van der Waals surface area contributed by atoms with Crippen LogP contribution in [0.1, 0.15) is 43.4 Å². The maximum absolute atomic E-state index is 11.2. The van der Waals surface area contributed by atoms with Crippen molar-refractivity contribution in [2.45, 2.75) is 51.6 Å². The molecule has 0 spiro atoms. The van der Waals surface area contributed by atoms with Gasteiger partial charge in [-0.15, -0.1) is 0 Å². The van der Waals surface area contributed by atoms with Crippen molar-refractivity contribution in [1.82, 2.24) is 9.88 Å². The van der Waals surface area contributed by atoms with E-state index < -0.39 is 5.97 Å². The van der Waals surface area contributed by atoms with Crippen LogP contribution in [0.2, 0.25) is 0 Å². The van der Waals surface area contributed by atoms with E-state index in [-0.39, 0.29) is 6.54 Å². The topological polar surface area (TPSA) is 62.7 Å². The van der Waals surface area contributed by atoms with Crippen molar-refractivity contribution in [3.05, 3.63) is 23.4 Å². The Balaban J connectivity index is 2.11. The lowest BCUT2D eigenvalue weighted by Gasteiger charge is -2.33. The van der Waals surface area contributed by atoms with Gasteiger partial charge in [-0.05, 0) is 25.3 Å². The second-order valence-corrected chi connectivity index (χ2v) is 5.69. The standard InChI is InChI=1S/C16H24N2O3/c1-12-13(8-9-15(17-12)21-2)10-18(11-16(19)20)14-6-4-3-5-7-14/h8-9,14H,3-7,10-11H2,1-2H3,(H,19,20). The largest absolute Gasteiger partial charge is 0.481 e. The molecule has 1 aliphatic carbocycles. The van der Waals surface area contributed by atoms with Gasteiger partial charge in [0.15, 0.2) is 0 Å². The molecule has 0 atom stereocenters. The van der Waals surface area contributed by atoms with Gasteiger partial charge in [-0.3, -0.25) is 9.69 Å². The van der Waals surface area contributed by atoms with Gasteiger partial charge in [-0.2, -0.15) is 0 Å². The number of rotatable bonds is 6. The summed E-state index contributed by atoms with van der Waals surface area (Å²) in [4.78, 5) is 17.6. The maximum Gasteiger partial charge on any atom is 0.317 e. The summed E-state index contributed by atoms with van der Waals surface area (Å²) in [5.41, 5.74) is 1.98. The summed E-state index contributed by atoms with van der Waals surface area (Å²) in [6, 6.07) is 4.19. The molecule has 116 valence electrons. The molecular weight excluding hydrogens is 268 g/mol. The molecule has 0 saturated heterocycles. The molecule has 1 aromatic heterocycles. The van der Waals surface area contributed by atoms with E-state index in [1.165, 1.54) is 19.3 Å². The number of aromatic nitrogens is 1. The molecule has 5 heteroatoms. The Hall–Kier alpha value is -1.62. The summed E-state index contributed by atoms with van der Waals surface area (Å²) < 4.78 is 5.12. The summed E-state index contributed by atoms with van der Waals surface area (Å²) in [6.07, 6.45) is 5.84. The summed E-state index contributed by atoms with van der Waals surface area (Å²) >= 11 is 0. The number of carbonyl (C=O) groups is 1. The number of aryl methyl sites for hydroxylation is 1. The Morgan fingerprint density at radius 2 is 2.10 bits per heavy atom. The SMILES string of the molecule is COc1ccc(CN(CC(=O)O)C2CCCCC2)c(C)n1. The van der Waals surface area contributed by atoms with Crippen LogP contribution in [-0.2, 0) is 11.3 Å². The number of carboxylic acid groups (broad SMARTS) is 1. The highest BCUT2D eigenvalue weighted by atomic mass is 16.5. The molecule has 0 amide bonds. The van der Waals surface area contributed by atoms with Crippen LogP contribution in [0.15, 0.2) is 12.1 Å². The van der Waals surface area contributed by atoms with Gasteiger partial charge in [0.25, 0.3) is 0 Å². The molecule has 5 nitrogen and oxygen atoms in total. The highest BCUT2D eigenvalue weighted by Gasteiger charge is 2.23. The van der Waals surface area contributed by atoms with E-state index in [0.717, 1.165) is 24.1 Å². The smallest absolute Gasteiger partial charge is 0.317 e. The van der Waals surface area contributed by atoms with E-state index >= 15 is 0 Å². The number of hydrogen-bond acceptors (Lipinski definition) is 4. The van der Waals surface area contributed by atoms with Crippen LogP contribution in [-0.4, -0.2) is 40.7 Å². The molecule has 0 bridgehead atoms. The lowest BCUT2D eigenvalue weighted by molar-refractivity contribution is -0.139. The molecule has 21 heavy (non-hydrogen) atoms. The van der Waals surface area contributed by atoms with E-state index in [0.29, 0.717) is 18.5 Å². The Morgan fingerprint density at radius 1 is 1.38 bits per heavy atom. The normalized spacial score (nSPS) is 16.1. The average molecular weight is 292 g/mol. The molecule has 0 radical (unpaired) electrons. The van der Waals surface area contributed by atoms with Crippen molar-refractivity contribution in [2.24, 2.45) is 0 Å². The van der Waals surface area contributed by atoms with Crippen molar-refractivity contribution >= 4 is 5.97 Å². The fourth-order valence-corrected chi connectivity index (χ4v) is 3.00. The van der Waals surface area contributed by atoms with Gasteiger partial charge in [0.2, 0.25) is 5.88 Å². The Bertz CT molecular complexity index is 484. The molecule has 0 unspecified atom stereocenters. The molecule has 0 aromatic carbocycles. The van der Waals surface area contributed by atoms with Crippen LogP contribution in [0, 0.1) is 6.92 Å². The van der Waals surface area contributed by atoms with Crippen LogP contribution in [0.3, 0.4) is 0 Å². The average Bonchev–Trinajstić information content (AvgIpc) is 2.49. The first kappa shape index (κ1) is 15.8. The van der Waals surface area contributed by atoms with Gasteiger partial charge < -0.3 is 9.84 Å². The Labute approximate surface area is 125 Å². The number of hydrogen-bond donors (Lipinski definition) is 1. The van der Waals surface area contributed by atoms with Crippen LogP contribution in [0.4, 0.5) is 0 Å². The Morgan fingerprint density at radius 3 is 2.67 bits per heavy atom. The summed E-state index contributed by atoms with van der Waals surface area (Å²) in [5.74, 6) is -0.168. The first-order chi connectivity index (χ1) is 10.1. The predicted molar refractivity (Wildman–Crippen MR) is 80.4 cm³/mol. The maximum atomic E-state index is 11.2. The van der Waals surface area contributed by atoms with Crippen molar-refractivity contribution in [3.8, 4) is 5.88 Å². The van der Waals surface area contributed by atoms with E-state index in [1.807, 2.05) is 19.1 Å². The van der Waals surface area contributed by atoms with E-state index in [9.17, 15) is 4.79 Å². The molecule has 1 saturated carbocycles. The summed E-state index contributed by atoms with van der Waals surface area (Å²) in [5, 5.41) is 9.17. The molecular formula is C16H24N2O3. The molecule has 1 N–H and O–H groups in total. The highest BCUT2D eigenvalue weighted by molar-refractivity contribution is 5.69. The van der Waals surface area contributed by atoms with E-state index in [2.05, 4.69) is 9.88 Å². The second-order valence-electron chi connectivity index (χ2n) is 5.69. The van der Waals surface area contributed by atoms with Crippen molar-refractivity contribution in [3.63, 3.8) is 0 Å². The number of pyridine rings is 1. The fourth-order valence-electron chi connectivity index (χ4n) is 3.00.